The van der Waals surface area contributed by atoms with Crippen LogP contribution in [0.15, 0.2) is 36.8 Å². The second-order valence-corrected chi connectivity index (χ2v) is 7.36. The van der Waals surface area contributed by atoms with Crippen LogP contribution in [-0.2, 0) is 4.74 Å². The van der Waals surface area contributed by atoms with Gasteiger partial charge in [0, 0.05) is 44.3 Å². The molecule has 4 rings (SSSR count). The van der Waals surface area contributed by atoms with E-state index in [1.165, 1.54) is 0 Å². The van der Waals surface area contributed by atoms with E-state index in [1.807, 2.05) is 25.3 Å². The molecule has 1 fully saturated rings. The van der Waals surface area contributed by atoms with Crippen LogP contribution in [0, 0.1) is 6.92 Å². The number of aromatic nitrogens is 4. The lowest BCUT2D eigenvalue weighted by molar-refractivity contribution is 0.0320. The van der Waals surface area contributed by atoms with Gasteiger partial charge in [-0.2, -0.15) is 4.98 Å². The van der Waals surface area contributed by atoms with Crippen molar-refractivity contribution in [2.24, 2.45) is 0 Å². The van der Waals surface area contributed by atoms with E-state index in [4.69, 9.17) is 9.47 Å². The summed E-state index contributed by atoms with van der Waals surface area (Å²) in [6.07, 6.45) is 5.39. The summed E-state index contributed by atoms with van der Waals surface area (Å²) in [6.45, 7) is 6.76. The Labute approximate surface area is 167 Å². The molecular formula is C19H22N6O2S. The predicted octanol–water partition coefficient (Wildman–Crippen LogP) is 2.76. The minimum absolute atomic E-state index is 0.564. The first kappa shape index (κ1) is 18.7. The predicted molar refractivity (Wildman–Crippen MR) is 108 cm³/mol. The average Bonchev–Trinajstić information content (AvgIpc) is 3.17. The average molecular weight is 398 g/mol. The molecule has 0 unspecified atom stereocenters. The molecule has 1 aliphatic heterocycles. The lowest BCUT2D eigenvalue weighted by atomic mass is 10.2. The van der Waals surface area contributed by atoms with Gasteiger partial charge in [0.2, 0.25) is 5.88 Å². The molecule has 0 saturated carbocycles. The van der Waals surface area contributed by atoms with Crippen molar-refractivity contribution < 1.29 is 9.47 Å². The highest BCUT2D eigenvalue weighted by Gasteiger charge is 2.11. The molecule has 0 spiro atoms. The van der Waals surface area contributed by atoms with Crippen molar-refractivity contribution >= 4 is 22.3 Å². The van der Waals surface area contributed by atoms with Crippen molar-refractivity contribution in [1.29, 1.82) is 0 Å². The lowest BCUT2D eigenvalue weighted by Gasteiger charge is -2.26. The molecule has 8 nitrogen and oxygen atoms in total. The van der Waals surface area contributed by atoms with Crippen LogP contribution >= 0.6 is 11.3 Å². The molecule has 0 atom stereocenters. The molecule has 28 heavy (non-hydrogen) atoms. The summed E-state index contributed by atoms with van der Waals surface area (Å²) in [4.78, 5) is 20.7. The summed E-state index contributed by atoms with van der Waals surface area (Å²) in [7, 11) is 0. The molecular weight excluding hydrogens is 376 g/mol. The zero-order chi connectivity index (χ0) is 19.2. The SMILES string of the molecule is Cc1nc(Nc2ncc(-c3ccncc3)s2)cc(OCCN2CCOCC2)n1. The number of nitrogens with one attached hydrogen (secondary N) is 1. The van der Waals surface area contributed by atoms with Gasteiger partial charge in [0.05, 0.1) is 18.1 Å². The minimum Gasteiger partial charge on any atom is -0.476 e. The Morgan fingerprint density at radius 2 is 2.04 bits per heavy atom. The maximum Gasteiger partial charge on any atom is 0.218 e. The Morgan fingerprint density at radius 3 is 2.86 bits per heavy atom. The van der Waals surface area contributed by atoms with E-state index in [9.17, 15) is 0 Å². The van der Waals surface area contributed by atoms with E-state index >= 15 is 0 Å². The Morgan fingerprint density at radius 1 is 1.21 bits per heavy atom. The van der Waals surface area contributed by atoms with Crippen molar-refractivity contribution in [3.05, 3.63) is 42.6 Å². The summed E-state index contributed by atoms with van der Waals surface area (Å²) in [5.74, 6) is 1.89. The van der Waals surface area contributed by atoms with Crippen molar-refractivity contribution in [2.75, 3.05) is 44.8 Å². The molecule has 0 aliphatic carbocycles. The number of thiazole rings is 1. The van der Waals surface area contributed by atoms with Crippen LogP contribution < -0.4 is 10.1 Å². The van der Waals surface area contributed by atoms with Crippen molar-refractivity contribution in [1.82, 2.24) is 24.8 Å². The third-order valence-corrected chi connectivity index (χ3v) is 5.24. The van der Waals surface area contributed by atoms with Crippen LogP contribution in [0.5, 0.6) is 5.88 Å². The summed E-state index contributed by atoms with van der Waals surface area (Å²) in [6, 6.07) is 5.74. The zero-order valence-corrected chi connectivity index (χ0v) is 16.5. The van der Waals surface area contributed by atoms with Crippen LogP contribution in [-0.4, -0.2) is 64.3 Å². The van der Waals surface area contributed by atoms with E-state index in [2.05, 4.69) is 30.2 Å². The van der Waals surface area contributed by atoms with Crippen molar-refractivity contribution in [2.45, 2.75) is 6.92 Å². The van der Waals surface area contributed by atoms with Crippen LogP contribution in [0.3, 0.4) is 0 Å². The monoisotopic (exact) mass is 398 g/mol. The number of hydrogen-bond acceptors (Lipinski definition) is 9. The fraction of sp³-hybridized carbons (Fsp3) is 0.368. The van der Waals surface area contributed by atoms with Gasteiger partial charge in [0.25, 0.3) is 0 Å². The molecule has 1 aliphatic rings. The number of rotatable bonds is 7. The molecule has 1 N–H and O–H groups in total. The smallest absolute Gasteiger partial charge is 0.218 e. The highest BCUT2D eigenvalue weighted by atomic mass is 32.1. The number of morpholine rings is 1. The second-order valence-electron chi connectivity index (χ2n) is 6.33. The topological polar surface area (TPSA) is 85.3 Å². The normalized spacial score (nSPS) is 14.8. The third-order valence-electron chi connectivity index (χ3n) is 4.28. The van der Waals surface area contributed by atoms with Gasteiger partial charge in [0.15, 0.2) is 5.13 Å². The van der Waals surface area contributed by atoms with Gasteiger partial charge in [-0.05, 0) is 24.6 Å². The van der Waals surface area contributed by atoms with E-state index in [-0.39, 0.29) is 0 Å². The first-order chi connectivity index (χ1) is 13.8. The number of ether oxygens (including phenoxy) is 2. The third kappa shape index (κ3) is 5.00. The van der Waals surface area contributed by atoms with Crippen LogP contribution in [0.1, 0.15) is 5.82 Å². The maximum atomic E-state index is 5.84. The van der Waals surface area contributed by atoms with Gasteiger partial charge in [0.1, 0.15) is 18.2 Å². The van der Waals surface area contributed by atoms with Crippen molar-refractivity contribution in [3.8, 4) is 16.3 Å². The van der Waals surface area contributed by atoms with Gasteiger partial charge < -0.3 is 14.8 Å². The van der Waals surface area contributed by atoms with Gasteiger partial charge in [-0.1, -0.05) is 11.3 Å². The van der Waals surface area contributed by atoms with Crippen LogP contribution in [0.25, 0.3) is 10.4 Å². The number of hydrogen-bond donors (Lipinski definition) is 1. The highest BCUT2D eigenvalue weighted by molar-refractivity contribution is 7.18. The molecule has 3 aromatic heterocycles. The molecule has 1 saturated heterocycles. The number of aryl methyl sites for hydroxylation is 1. The van der Waals surface area contributed by atoms with Crippen LogP contribution in [0.2, 0.25) is 0 Å². The number of pyridine rings is 1. The van der Waals surface area contributed by atoms with E-state index < -0.39 is 0 Å². The van der Waals surface area contributed by atoms with E-state index in [0.29, 0.717) is 24.1 Å². The fourth-order valence-electron chi connectivity index (χ4n) is 2.87. The lowest BCUT2D eigenvalue weighted by Crippen LogP contribution is -2.38. The Bertz CT molecular complexity index is 898. The molecule has 0 radical (unpaired) electrons. The van der Waals surface area contributed by atoms with Gasteiger partial charge in [-0.25, -0.2) is 9.97 Å². The molecule has 4 heterocycles. The Balaban J connectivity index is 1.37. The van der Waals surface area contributed by atoms with E-state index in [0.717, 1.165) is 48.4 Å². The van der Waals surface area contributed by atoms with Gasteiger partial charge >= 0.3 is 0 Å². The second kappa shape index (κ2) is 9.05. The minimum atomic E-state index is 0.564. The molecule has 146 valence electrons. The first-order valence-electron chi connectivity index (χ1n) is 9.18. The maximum absolute atomic E-state index is 5.84. The standard InChI is InChI=1S/C19H22N6O2S/c1-14-22-17(12-18(23-14)27-11-8-25-6-9-26-10-7-25)24-19-21-13-16(28-19)15-2-4-20-5-3-15/h2-5,12-13H,6-11H2,1H3,(H,21,22,23,24). The fourth-order valence-corrected chi connectivity index (χ4v) is 3.70. The Kier molecular flexibility index (Phi) is 6.05. The molecule has 0 amide bonds. The van der Waals surface area contributed by atoms with Gasteiger partial charge in [-0.15, -0.1) is 0 Å². The van der Waals surface area contributed by atoms with Crippen LogP contribution in [0.4, 0.5) is 10.9 Å². The molecule has 0 bridgehead atoms. The summed E-state index contributed by atoms with van der Waals surface area (Å²) in [5, 5.41) is 4.02. The number of anilines is 2. The first-order valence-corrected chi connectivity index (χ1v) is 10.00. The summed E-state index contributed by atoms with van der Waals surface area (Å²) >= 11 is 1.56. The zero-order valence-electron chi connectivity index (χ0n) is 15.7. The van der Waals surface area contributed by atoms with Gasteiger partial charge in [-0.3, -0.25) is 9.88 Å². The summed E-state index contributed by atoms with van der Waals surface area (Å²) < 4.78 is 11.2. The van der Waals surface area contributed by atoms with E-state index in [1.54, 1.807) is 29.8 Å². The molecule has 0 aromatic carbocycles. The molecule has 9 heteroatoms. The highest BCUT2D eigenvalue weighted by Crippen LogP contribution is 2.30. The van der Waals surface area contributed by atoms with Crippen molar-refractivity contribution in [3.63, 3.8) is 0 Å². The quantitative estimate of drug-likeness (QED) is 0.650. The number of nitrogens with zero attached hydrogens (tertiary/aromatic N) is 5. The molecule has 3 aromatic rings. The summed E-state index contributed by atoms with van der Waals surface area (Å²) in [5.41, 5.74) is 1.09. The Hall–Kier alpha value is -2.62. The largest absolute Gasteiger partial charge is 0.476 e.